The Morgan fingerprint density at radius 2 is 2.17 bits per heavy atom. The van der Waals surface area contributed by atoms with Crippen molar-refractivity contribution in [1.82, 2.24) is 0 Å². The quantitative estimate of drug-likeness (QED) is 0.581. The lowest BCUT2D eigenvalue weighted by atomic mass is 9.85. The molecule has 1 aromatic rings. The molecule has 0 amide bonds. The lowest BCUT2D eigenvalue weighted by molar-refractivity contribution is 0.501. The van der Waals surface area contributed by atoms with E-state index < -0.39 is 0 Å². The summed E-state index contributed by atoms with van der Waals surface area (Å²) >= 11 is 0. The number of hydrogen-bond donors (Lipinski definition) is 1. The Hall–Kier alpha value is -0.980. The molecule has 0 radical (unpaired) electrons. The Morgan fingerprint density at radius 3 is 3.00 bits per heavy atom. The van der Waals surface area contributed by atoms with E-state index >= 15 is 0 Å². The van der Waals surface area contributed by atoms with Gasteiger partial charge in [0.1, 0.15) is 0 Å². The zero-order valence-electron chi connectivity index (χ0n) is 7.51. The molecule has 12 heavy (non-hydrogen) atoms. The highest BCUT2D eigenvalue weighted by Crippen LogP contribution is 2.26. The maximum Gasteiger partial charge on any atom is 0.0316 e. The van der Waals surface area contributed by atoms with Gasteiger partial charge in [0.15, 0.2) is 0 Å². The molecule has 2 rings (SSSR count). The fourth-order valence-corrected chi connectivity index (χ4v) is 1.96. The molecular weight excluding hydrogens is 146 g/mol. The van der Waals surface area contributed by atoms with Crippen LogP contribution in [-0.4, -0.2) is 0 Å². The van der Waals surface area contributed by atoms with E-state index in [1.165, 1.54) is 30.4 Å². The van der Waals surface area contributed by atoms with Gasteiger partial charge in [-0.05, 0) is 48.4 Å². The van der Waals surface area contributed by atoms with Gasteiger partial charge in [-0.15, -0.1) is 0 Å². The highest BCUT2D eigenvalue weighted by Gasteiger charge is 2.14. The summed E-state index contributed by atoms with van der Waals surface area (Å²) in [6.45, 7) is 2.31. The van der Waals surface area contributed by atoms with Gasteiger partial charge in [0.25, 0.3) is 0 Å². The average Bonchev–Trinajstić information content (AvgIpc) is 2.03. The Balaban J connectivity index is 2.37. The summed E-state index contributed by atoms with van der Waals surface area (Å²) in [5.41, 5.74) is 9.60. The molecule has 0 aromatic heterocycles. The van der Waals surface area contributed by atoms with Gasteiger partial charge in [-0.1, -0.05) is 13.0 Å². The summed E-state index contributed by atoms with van der Waals surface area (Å²) < 4.78 is 0. The molecule has 0 heterocycles. The zero-order chi connectivity index (χ0) is 8.55. The van der Waals surface area contributed by atoms with Crippen LogP contribution in [0.3, 0.4) is 0 Å². The summed E-state index contributed by atoms with van der Waals surface area (Å²) in [6, 6.07) is 6.32. The topological polar surface area (TPSA) is 26.0 Å². The molecule has 64 valence electrons. The molecule has 2 N–H and O–H groups in total. The third-order valence-corrected chi connectivity index (χ3v) is 2.71. The maximum atomic E-state index is 5.73. The van der Waals surface area contributed by atoms with Gasteiger partial charge in [-0.25, -0.2) is 0 Å². The number of anilines is 1. The van der Waals surface area contributed by atoms with Crippen LogP contribution in [0.4, 0.5) is 5.69 Å². The second-order valence-electron chi connectivity index (χ2n) is 3.88. The highest BCUT2D eigenvalue weighted by atomic mass is 14.5. The number of aryl methyl sites for hydroxylation is 1. The van der Waals surface area contributed by atoms with Crippen molar-refractivity contribution in [2.24, 2.45) is 5.92 Å². The summed E-state index contributed by atoms with van der Waals surface area (Å²) in [5, 5.41) is 0. The van der Waals surface area contributed by atoms with Crippen LogP contribution in [0.15, 0.2) is 18.2 Å². The fraction of sp³-hybridized carbons (Fsp3) is 0.455. The molecule has 1 nitrogen and oxygen atoms in total. The van der Waals surface area contributed by atoms with Gasteiger partial charge in [0.05, 0.1) is 0 Å². The summed E-state index contributed by atoms with van der Waals surface area (Å²) in [7, 11) is 0. The number of nitrogens with two attached hydrogens (primary N) is 1. The molecule has 0 fully saturated rings. The highest BCUT2D eigenvalue weighted by molar-refractivity contribution is 5.45. The second kappa shape index (κ2) is 2.81. The van der Waals surface area contributed by atoms with Gasteiger partial charge < -0.3 is 5.73 Å². The van der Waals surface area contributed by atoms with Crippen molar-refractivity contribution in [2.75, 3.05) is 5.73 Å². The van der Waals surface area contributed by atoms with Crippen molar-refractivity contribution in [2.45, 2.75) is 26.2 Å². The molecule has 0 spiro atoms. The van der Waals surface area contributed by atoms with Crippen molar-refractivity contribution < 1.29 is 0 Å². The predicted octanol–water partition coefficient (Wildman–Crippen LogP) is 2.39. The van der Waals surface area contributed by atoms with E-state index in [0.29, 0.717) is 0 Å². The fourth-order valence-electron chi connectivity index (χ4n) is 1.96. The molecule has 1 aliphatic rings. The largest absolute Gasteiger partial charge is 0.399 e. The van der Waals surface area contributed by atoms with Gasteiger partial charge in [-0.2, -0.15) is 0 Å². The molecule has 0 saturated heterocycles. The van der Waals surface area contributed by atoms with Gasteiger partial charge in [0.2, 0.25) is 0 Å². The van der Waals surface area contributed by atoms with Crippen molar-refractivity contribution in [3.8, 4) is 0 Å². The molecule has 1 atom stereocenters. The summed E-state index contributed by atoms with van der Waals surface area (Å²) in [4.78, 5) is 0. The third kappa shape index (κ3) is 1.31. The molecule has 1 aromatic carbocycles. The van der Waals surface area contributed by atoms with Crippen LogP contribution >= 0.6 is 0 Å². The first-order valence-corrected chi connectivity index (χ1v) is 4.63. The van der Waals surface area contributed by atoms with E-state index in [0.717, 1.165) is 11.6 Å². The first-order chi connectivity index (χ1) is 5.75. The lowest BCUT2D eigenvalue weighted by Crippen LogP contribution is -2.11. The van der Waals surface area contributed by atoms with Gasteiger partial charge in [-0.3, -0.25) is 0 Å². The van der Waals surface area contributed by atoms with Crippen molar-refractivity contribution in [3.63, 3.8) is 0 Å². The van der Waals surface area contributed by atoms with E-state index in [1.807, 2.05) is 6.07 Å². The van der Waals surface area contributed by atoms with Gasteiger partial charge >= 0.3 is 0 Å². The van der Waals surface area contributed by atoms with Crippen molar-refractivity contribution >= 4 is 5.69 Å². The Kier molecular flexibility index (Phi) is 1.80. The van der Waals surface area contributed by atoms with Crippen LogP contribution in [0.25, 0.3) is 0 Å². The van der Waals surface area contributed by atoms with Crippen LogP contribution in [0.5, 0.6) is 0 Å². The number of benzene rings is 1. The van der Waals surface area contributed by atoms with Gasteiger partial charge in [0, 0.05) is 5.69 Å². The normalized spacial score (nSPS) is 21.9. The van der Waals surface area contributed by atoms with Crippen LogP contribution in [0.2, 0.25) is 0 Å². The van der Waals surface area contributed by atoms with Crippen LogP contribution in [-0.2, 0) is 12.8 Å². The van der Waals surface area contributed by atoms with Crippen LogP contribution in [0.1, 0.15) is 24.5 Å². The van der Waals surface area contributed by atoms with E-state index in [2.05, 4.69) is 19.1 Å². The van der Waals surface area contributed by atoms with Crippen LogP contribution < -0.4 is 5.73 Å². The average molecular weight is 161 g/mol. The maximum absolute atomic E-state index is 5.73. The van der Waals surface area contributed by atoms with Crippen LogP contribution in [0, 0.1) is 5.92 Å². The SMILES string of the molecule is CC1CCc2ccc(N)cc2C1. The van der Waals surface area contributed by atoms with Crippen molar-refractivity contribution in [1.29, 1.82) is 0 Å². The number of nitrogen functional groups attached to an aromatic ring is 1. The van der Waals surface area contributed by atoms with E-state index in [9.17, 15) is 0 Å². The van der Waals surface area contributed by atoms with Crippen molar-refractivity contribution in [3.05, 3.63) is 29.3 Å². The molecule has 0 saturated carbocycles. The first-order valence-electron chi connectivity index (χ1n) is 4.63. The Bertz CT molecular complexity index is 291. The minimum absolute atomic E-state index is 0.833. The third-order valence-electron chi connectivity index (χ3n) is 2.71. The predicted molar refractivity (Wildman–Crippen MR) is 52.0 cm³/mol. The minimum Gasteiger partial charge on any atom is -0.399 e. The summed E-state index contributed by atoms with van der Waals surface area (Å²) in [6.07, 6.45) is 3.77. The Labute approximate surface area is 73.6 Å². The smallest absolute Gasteiger partial charge is 0.0316 e. The first kappa shape index (κ1) is 7.66. The Morgan fingerprint density at radius 1 is 1.33 bits per heavy atom. The number of hydrogen-bond acceptors (Lipinski definition) is 1. The van der Waals surface area contributed by atoms with E-state index in [4.69, 9.17) is 5.73 Å². The molecule has 1 unspecified atom stereocenters. The standard InChI is InChI=1S/C11H15N/c1-8-2-3-9-4-5-11(12)7-10(9)6-8/h4-5,7-8H,2-3,6,12H2,1H3. The minimum atomic E-state index is 0.833. The lowest BCUT2D eigenvalue weighted by Gasteiger charge is -2.21. The molecule has 0 bridgehead atoms. The van der Waals surface area contributed by atoms with E-state index in [-0.39, 0.29) is 0 Å². The molecule has 1 aliphatic carbocycles. The van der Waals surface area contributed by atoms with E-state index in [1.54, 1.807) is 0 Å². The number of rotatable bonds is 0. The monoisotopic (exact) mass is 161 g/mol. The molecular formula is C11H15N. The zero-order valence-corrected chi connectivity index (χ0v) is 7.51. The molecule has 1 heteroatoms. The second-order valence-corrected chi connectivity index (χ2v) is 3.88. The molecule has 0 aliphatic heterocycles. The number of fused-ring (bicyclic) bond motifs is 1. The summed E-state index contributed by atoms with van der Waals surface area (Å²) in [5.74, 6) is 0.833.